The fourth-order valence-electron chi connectivity index (χ4n) is 7.03. The number of rotatable bonds is 8. The number of benzene rings is 2. The summed E-state index contributed by atoms with van der Waals surface area (Å²) in [7, 11) is 4.46. The lowest BCUT2D eigenvalue weighted by atomic mass is 9.83. The van der Waals surface area contributed by atoms with Crippen LogP contribution in [0.2, 0.25) is 0 Å². The Bertz CT molecular complexity index is 1740. The molecular formula is C35H41N5O8. The number of carbonyl (C=O) groups excluding carboxylic acids is 3. The zero-order valence-corrected chi connectivity index (χ0v) is 27.7. The molecule has 3 aliphatic heterocycles. The molecule has 2 bridgehead atoms. The molecule has 2 atom stereocenters. The zero-order chi connectivity index (χ0) is 33.9. The third-order valence-corrected chi connectivity index (χ3v) is 9.33. The monoisotopic (exact) mass is 659 g/mol. The maximum absolute atomic E-state index is 13.9. The van der Waals surface area contributed by atoms with E-state index in [0.717, 1.165) is 17.8 Å². The first-order valence-corrected chi connectivity index (χ1v) is 16.2. The molecule has 48 heavy (non-hydrogen) atoms. The minimum absolute atomic E-state index is 0.0138. The number of fused-ring (bicyclic) bond motifs is 4. The summed E-state index contributed by atoms with van der Waals surface area (Å²) in [6.45, 7) is 5.48. The van der Waals surface area contributed by atoms with E-state index in [9.17, 15) is 19.2 Å². The van der Waals surface area contributed by atoms with Crippen molar-refractivity contribution >= 4 is 29.3 Å². The Morgan fingerprint density at radius 1 is 0.833 bits per heavy atom. The summed E-state index contributed by atoms with van der Waals surface area (Å²) in [5, 5.41) is 3.06. The van der Waals surface area contributed by atoms with Crippen LogP contribution < -0.4 is 30.0 Å². The van der Waals surface area contributed by atoms with Crippen LogP contribution in [-0.2, 0) is 11.3 Å². The summed E-state index contributed by atoms with van der Waals surface area (Å²) in [5.74, 6) is 0.812. The lowest BCUT2D eigenvalue weighted by Gasteiger charge is -2.44. The second-order valence-corrected chi connectivity index (χ2v) is 12.2. The molecular weight excluding hydrogens is 618 g/mol. The number of methoxy groups -OCH3 is 3. The Kier molecular flexibility index (Phi) is 9.47. The fraction of sp³-hybridized carbons (Fsp3) is 0.429. The van der Waals surface area contributed by atoms with Gasteiger partial charge in [0.1, 0.15) is 0 Å². The lowest BCUT2D eigenvalue weighted by molar-refractivity contribution is 0.0570. The van der Waals surface area contributed by atoms with Gasteiger partial charge in [-0.3, -0.25) is 14.4 Å². The smallest absolute Gasteiger partial charge is 0.409 e. The van der Waals surface area contributed by atoms with Gasteiger partial charge in [-0.2, -0.15) is 0 Å². The van der Waals surface area contributed by atoms with Crippen molar-refractivity contribution in [3.05, 3.63) is 75.7 Å². The second kappa shape index (κ2) is 13.9. The first kappa shape index (κ1) is 32.7. The highest BCUT2D eigenvalue weighted by Crippen LogP contribution is 2.41. The van der Waals surface area contributed by atoms with Crippen molar-refractivity contribution in [3.63, 3.8) is 0 Å². The second-order valence-electron chi connectivity index (χ2n) is 12.2. The first-order chi connectivity index (χ1) is 23.2. The highest BCUT2D eigenvalue weighted by molar-refractivity contribution is 6.08. The molecule has 0 aliphatic carbocycles. The maximum Gasteiger partial charge on any atom is 0.409 e. The molecule has 2 aromatic carbocycles. The van der Waals surface area contributed by atoms with Gasteiger partial charge in [-0.1, -0.05) is 6.07 Å². The molecule has 3 aromatic rings. The van der Waals surface area contributed by atoms with E-state index in [1.54, 1.807) is 47.1 Å². The zero-order valence-electron chi connectivity index (χ0n) is 27.7. The SMILES string of the molecule is CCOC(=O)N1CCN(C(=O)c2ccc(N3CC4CC(C3)c3cccc(=O)n3C4)c(NC(=O)c3cc(OC)c(OC)c(OC)c3)c2)CC1. The number of pyridine rings is 1. The van der Waals surface area contributed by atoms with E-state index in [0.29, 0.717) is 80.9 Å². The number of ether oxygens (including phenoxy) is 4. The standard InChI is InChI=1S/C35H41N5O8/c1-5-48-35(44)38-13-11-37(12-14-38)34(43)23-9-10-28(39-19-22-15-25(21-39)27-7-6-8-31(41)40(27)20-22)26(16-23)36-33(42)24-17-29(45-2)32(47-4)30(18-24)46-3/h6-10,16-18,22,25H,5,11-15,19-21H2,1-4H3,(H,36,42). The van der Waals surface area contributed by atoms with Crippen LogP contribution in [0.4, 0.5) is 16.2 Å². The van der Waals surface area contributed by atoms with Gasteiger partial charge in [0.15, 0.2) is 11.5 Å². The largest absolute Gasteiger partial charge is 0.493 e. The number of nitrogens with one attached hydrogen (secondary N) is 1. The van der Waals surface area contributed by atoms with Gasteiger partial charge in [0.25, 0.3) is 17.4 Å². The molecule has 1 aromatic heterocycles. The number of carbonyl (C=O) groups is 3. The molecule has 3 amide bonds. The quantitative estimate of drug-likeness (QED) is 0.385. The van der Waals surface area contributed by atoms with Gasteiger partial charge in [0.2, 0.25) is 5.75 Å². The topological polar surface area (TPSA) is 132 Å². The Hall–Kier alpha value is -5.20. The molecule has 2 saturated heterocycles. The molecule has 2 fully saturated rings. The third kappa shape index (κ3) is 6.36. The Balaban J connectivity index is 1.31. The summed E-state index contributed by atoms with van der Waals surface area (Å²) in [5.41, 5.74) is 2.99. The minimum Gasteiger partial charge on any atom is -0.493 e. The van der Waals surface area contributed by atoms with E-state index in [1.807, 2.05) is 22.8 Å². The molecule has 254 valence electrons. The molecule has 6 rings (SSSR count). The Labute approximate surface area is 278 Å². The summed E-state index contributed by atoms with van der Waals surface area (Å²) in [4.78, 5) is 57.9. The number of amides is 3. The van der Waals surface area contributed by atoms with Crippen molar-refractivity contribution < 1.29 is 33.3 Å². The number of piperidine rings is 1. The first-order valence-electron chi connectivity index (χ1n) is 16.2. The molecule has 0 saturated carbocycles. The van der Waals surface area contributed by atoms with Gasteiger partial charge < -0.3 is 43.5 Å². The summed E-state index contributed by atoms with van der Waals surface area (Å²) in [6, 6.07) is 14.0. The maximum atomic E-state index is 13.9. The molecule has 4 heterocycles. The van der Waals surface area contributed by atoms with Gasteiger partial charge in [-0.15, -0.1) is 0 Å². The number of nitrogens with zero attached hydrogens (tertiary/aromatic N) is 4. The lowest BCUT2D eigenvalue weighted by Crippen LogP contribution is -2.50. The highest BCUT2D eigenvalue weighted by Gasteiger charge is 2.36. The fourth-order valence-corrected chi connectivity index (χ4v) is 7.03. The van der Waals surface area contributed by atoms with Crippen LogP contribution >= 0.6 is 0 Å². The van der Waals surface area contributed by atoms with E-state index in [2.05, 4.69) is 10.2 Å². The van der Waals surface area contributed by atoms with Crippen LogP contribution in [0.25, 0.3) is 0 Å². The van der Waals surface area contributed by atoms with Crippen LogP contribution in [0.1, 0.15) is 45.7 Å². The van der Waals surface area contributed by atoms with E-state index < -0.39 is 5.91 Å². The summed E-state index contributed by atoms with van der Waals surface area (Å²) >= 11 is 0. The van der Waals surface area contributed by atoms with Crippen molar-refractivity contribution in [1.82, 2.24) is 14.4 Å². The Morgan fingerprint density at radius 3 is 2.21 bits per heavy atom. The molecule has 0 spiro atoms. The molecule has 0 radical (unpaired) electrons. The average Bonchev–Trinajstić information content (AvgIpc) is 3.11. The number of anilines is 2. The molecule has 1 N–H and O–H groups in total. The third-order valence-electron chi connectivity index (χ3n) is 9.33. The van der Waals surface area contributed by atoms with Crippen LogP contribution in [0, 0.1) is 5.92 Å². The predicted molar refractivity (Wildman–Crippen MR) is 179 cm³/mol. The van der Waals surface area contributed by atoms with Crippen LogP contribution in [-0.4, -0.2) is 99.5 Å². The van der Waals surface area contributed by atoms with Crippen molar-refractivity contribution in [2.75, 3.05) is 77.4 Å². The van der Waals surface area contributed by atoms with E-state index >= 15 is 0 Å². The normalized spacial score (nSPS) is 18.5. The van der Waals surface area contributed by atoms with Gasteiger partial charge in [-0.25, -0.2) is 4.79 Å². The minimum atomic E-state index is -0.419. The number of piperazine rings is 1. The predicted octanol–water partition coefficient (Wildman–Crippen LogP) is 3.66. The van der Waals surface area contributed by atoms with Crippen molar-refractivity contribution in [2.45, 2.75) is 25.8 Å². The van der Waals surface area contributed by atoms with Gasteiger partial charge >= 0.3 is 6.09 Å². The number of hydrogen-bond acceptors (Lipinski definition) is 9. The van der Waals surface area contributed by atoms with Gasteiger partial charge in [0, 0.05) is 74.6 Å². The van der Waals surface area contributed by atoms with Crippen molar-refractivity contribution in [2.24, 2.45) is 5.92 Å². The molecule has 13 heteroatoms. The number of aromatic nitrogens is 1. The summed E-state index contributed by atoms with van der Waals surface area (Å²) in [6.07, 6.45) is 0.589. The molecule has 13 nitrogen and oxygen atoms in total. The molecule has 2 unspecified atom stereocenters. The summed E-state index contributed by atoms with van der Waals surface area (Å²) < 4.78 is 23.4. The van der Waals surface area contributed by atoms with Gasteiger partial charge in [-0.05, 0) is 55.7 Å². The van der Waals surface area contributed by atoms with E-state index in [1.165, 1.54) is 21.3 Å². The Morgan fingerprint density at radius 2 is 1.54 bits per heavy atom. The highest BCUT2D eigenvalue weighted by atomic mass is 16.6. The average molecular weight is 660 g/mol. The van der Waals surface area contributed by atoms with Crippen molar-refractivity contribution in [1.29, 1.82) is 0 Å². The van der Waals surface area contributed by atoms with E-state index in [4.69, 9.17) is 18.9 Å². The van der Waals surface area contributed by atoms with E-state index in [-0.39, 0.29) is 35.0 Å². The van der Waals surface area contributed by atoms with Crippen LogP contribution in [0.3, 0.4) is 0 Å². The van der Waals surface area contributed by atoms with Crippen molar-refractivity contribution in [3.8, 4) is 17.2 Å². The molecule has 3 aliphatic rings. The van der Waals surface area contributed by atoms with Crippen LogP contribution in [0.5, 0.6) is 17.2 Å². The number of hydrogen-bond donors (Lipinski definition) is 1. The van der Waals surface area contributed by atoms with Gasteiger partial charge in [0.05, 0.1) is 39.3 Å². The van der Waals surface area contributed by atoms with Crippen LogP contribution in [0.15, 0.2) is 53.3 Å².